The lowest BCUT2D eigenvalue weighted by Gasteiger charge is -2.29. The maximum atomic E-state index is 13.7. The fraction of sp³-hybridized carbons (Fsp3) is 0.625. The molecule has 2 aliphatic rings. The number of nitrogens with two attached hydrogens (primary N) is 1. The van der Waals surface area contributed by atoms with Crippen LogP contribution in [0.1, 0.15) is 24.8 Å². The van der Waals surface area contributed by atoms with Crippen molar-refractivity contribution >= 4 is 0 Å². The van der Waals surface area contributed by atoms with Gasteiger partial charge in [-0.15, -0.1) is 0 Å². The lowest BCUT2D eigenvalue weighted by atomic mass is 9.78. The van der Waals surface area contributed by atoms with Crippen LogP contribution in [-0.2, 0) is 6.54 Å². The Morgan fingerprint density at radius 3 is 2.90 bits per heavy atom. The van der Waals surface area contributed by atoms with E-state index in [1.54, 1.807) is 12.1 Å². The van der Waals surface area contributed by atoms with Crippen molar-refractivity contribution in [3.63, 3.8) is 0 Å². The monoisotopic (exact) mass is 278 g/mol. The van der Waals surface area contributed by atoms with Crippen LogP contribution in [0.4, 0.5) is 4.39 Å². The first-order chi connectivity index (χ1) is 9.67. The van der Waals surface area contributed by atoms with Crippen LogP contribution in [0.5, 0.6) is 5.75 Å². The molecule has 0 bridgehead atoms. The van der Waals surface area contributed by atoms with Gasteiger partial charge in [0.25, 0.3) is 0 Å². The largest absolute Gasteiger partial charge is 0.494 e. The van der Waals surface area contributed by atoms with Crippen molar-refractivity contribution in [2.75, 3.05) is 20.2 Å². The van der Waals surface area contributed by atoms with Crippen LogP contribution in [0.3, 0.4) is 0 Å². The molecule has 3 nitrogen and oxygen atoms in total. The highest BCUT2D eigenvalue weighted by atomic mass is 19.1. The Bertz CT molecular complexity index is 480. The van der Waals surface area contributed by atoms with Crippen LogP contribution in [0.2, 0.25) is 0 Å². The first kappa shape index (κ1) is 13.8. The second kappa shape index (κ2) is 5.70. The zero-order valence-electron chi connectivity index (χ0n) is 12.0. The summed E-state index contributed by atoms with van der Waals surface area (Å²) < 4.78 is 18.7. The Hall–Kier alpha value is -1.13. The third kappa shape index (κ3) is 2.67. The van der Waals surface area contributed by atoms with Gasteiger partial charge in [-0.1, -0.05) is 12.5 Å². The number of halogens is 1. The normalized spacial score (nSPS) is 30.2. The maximum Gasteiger partial charge on any atom is 0.165 e. The first-order valence-electron chi connectivity index (χ1n) is 7.47. The minimum absolute atomic E-state index is 0.279. The average Bonchev–Trinajstić information content (AvgIpc) is 2.83. The molecule has 0 amide bonds. The molecule has 0 aromatic heterocycles. The number of benzene rings is 1. The van der Waals surface area contributed by atoms with Crippen LogP contribution in [-0.4, -0.2) is 31.1 Å². The van der Waals surface area contributed by atoms with E-state index in [1.807, 2.05) is 6.07 Å². The van der Waals surface area contributed by atoms with Crippen LogP contribution in [0, 0.1) is 17.7 Å². The van der Waals surface area contributed by atoms with Gasteiger partial charge in [0.1, 0.15) is 0 Å². The Morgan fingerprint density at radius 1 is 1.35 bits per heavy atom. The van der Waals surface area contributed by atoms with Gasteiger partial charge in [0.05, 0.1) is 7.11 Å². The van der Waals surface area contributed by atoms with Gasteiger partial charge < -0.3 is 10.5 Å². The number of hydrogen-bond acceptors (Lipinski definition) is 3. The standard InChI is InChI=1S/C16H23FN2O/c1-20-16-6-5-11(7-14(16)17)8-19-9-12-3-2-4-15(18)13(12)10-19/h5-7,12-13,15H,2-4,8-10,18H2,1H3. The van der Waals surface area contributed by atoms with Crippen molar-refractivity contribution in [3.8, 4) is 5.75 Å². The molecule has 2 N–H and O–H groups in total. The van der Waals surface area contributed by atoms with E-state index < -0.39 is 0 Å². The summed E-state index contributed by atoms with van der Waals surface area (Å²) in [5, 5.41) is 0. The maximum absolute atomic E-state index is 13.7. The summed E-state index contributed by atoms with van der Waals surface area (Å²) in [6.45, 7) is 2.96. The average molecular weight is 278 g/mol. The number of hydrogen-bond donors (Lipinski definition) is 1. The molecule has 4 heteroatoms. The van der Waals surface area contributed by atoms with Crippen LogP contribution in [0.25, 0.3) is 0 Å². The highest BCUT2D eigenvalue weighted by Crippen LogP contribution is 2.36. The van der Waals surface area contributed by atoms with Crippen molar-refractivity contribution in [1.82, 2.24) is 4.90 Å². The first-order valence-corrected chi connectivity index (χ1v) is 7.47. The molecule has 3 rings (SSSR count). The van der Waals surface area contributed by atoms with Crippen LogP contribution >= 0.6 is 0 Å². The third-order valence-electron chi connectivity index (χ3n) is 4.85. The molecule has 1 aromatic rings. The highest BCUT2D eigenvalue weighted by molar-refractivity contribution is 5.29. The lowest BCUT2D eigenvalue weighted by molar-refractivity contribution is 0.259. The van der Waals surface area contributed by atoms with E-state index in [1.165, 1.54) is 20.0 Å². The zero-order chi connectivity index (χ0) is 14.1. The molecule has 1 saturated heterocycles. The van der Waals surface area contributed by atoms with Crippen LogP contribution in [0.15, 0.2) is 18.2 Å². The van der Waals surface area contributed by atoms with Gasteiger partial charge in [0.15, 0.2) is 11.6 Å². The second-order valence-electron chi connectivity index (χ2n) is 6.18. The van der Waals surface area contributed by atoms with E-state index in [0.29, 0.717) is 17.7 Å². The predicted octanol–water partition coefficient (Wildman–Crippen LogP) is 2.39. The number of ether oxygens (including phenoxy) is 1. The fourth-order valence-electron chi connectivity index (χ4n) is 3.80. The topological polar surface area (TPSA) is 38.5 Å². The number of likely N-dealkylation sites (tertiary alicyclic amines) is 1. The molecule has 1 aliphatic carbocycles. The summed E-state index contributed by atoms with van der Waals surface area (Å²) in [5.41, 5.74) is 7.24. The molecule has 0 radical (unpaired) electrons. The number of methoxy groups -OCH3 is 1. The smallest absolute Gasteiger partial charge is 0.165 e. The Labute approximate surface area is 119 Å². The molecule has 3 atom stereocenters. The van der Waals surface area contributed by atoms with E-state index in [-0.39, 0.29) is 5.82 Å². The minimum atomic E-state index is -0.279. The molecule has 1 saturated carbocycles. The number of rotatable bonds is 3. The Kier molecular flexibility index (Phi) is 3.94. The Balaban J connectivity index is 1.65. The number of fused-ring (bicyclic) bond motifs is 1. The predicted molar refractivity (Wildman–Crippen MR) is 77.0 cm³/mol. The molecular formula is C16H23FN2O. The molecule has 20 heavy (non-hydrogen) atoms. The van der Waals surface area contributed by atoms with Gasteiger partial charge in [0.2, 0.25) is 0 Å². The molecule has 3 unspecified atom stereocenters. The van der Waals surface area contributed by atoms with Crippen molar-refractivity contribution < 1.29 is 9.13 Å². The summed E-state index contributed by atoms with van der Waals surface area (Å²) in [5.74, 6) is 1.40. The van der Waals surface area contributed by atoms with Gasteiger partial charge >= 0.3 is 0 Å². The summed E-state index contributed by atoms with van der Waals surface area (Å²) >= 11 is 0. The summed E-state index contributed by atoms with van der Waals surface area (Å²) in [7, 11) is 1.49. The summed E-state index contributed by atoms with van der Waals surface area (Å²) in [6.07, 6.45) is 3.71. The zero-order valence-corrected chi connectivity index (χ0v) is 12.0. The van der Waals surface area contributed by atoms with Gasteiger partial charge in [-0.3, -0.25) is 4.90 Å². The molecule has 1 aromatic carbocycles. The van der Waals surface area contributed by atoms with E-state index >= 15 is 0 Å². The van der Waals surface area contributed by atoms with Crippen molar-refractivity contribution in [3.05, 3.63) is 29.6 Å². The molecule has 0 spiro atoms. The summed E-state index contributed by atoms with van der Waals surface area (Å²) in [6, 6.07) is 5.59. The van der Waals surface area contributed by atoms with E-state index in [0.717, 1.165) is 37.5 Å². The second-order valence-corrected chi connectivity index (χ2v) is 6.18. The molecule has 110 valence electrons. The van der Waals surface area contributed by atoms with E-state index in [9.17, 15) is 4.39 Å². The van der Waals surface area contributed by atoms with Crippen LogP contribution < -0.4 is 10.5 Å². The molecule has 1 aliphatic heterocycles. The van der Waals surface area contributed by atoms with E-state index in [2.05, 4.69) is 4.90 Å². The summed E-state index contributed by atoms with van der Waals surface area (Å²) in [4.78, 5) is 2.42. The van der Waals surface area contributed by atoms with Gasteiger partial charge in [0, 0.05) is 25.7 Å². The Morgan fingerprint density at radius 2 is 2.20 bits per heavy atom. The fourth-order valence-corrected chi connectivity index (χ4v) is 3.80. The van der Waals surface area contributed by atoms with Gasteiger partial charge in [-0.25, -0.2) is 4.39 Å². The molecule has 1 heterocycles. The van der Waals surface area contributed by atoms with Crippen molar-refractivity contribution in [2.45, 2.75) is 31.8 Å². The third-order valence-corrected chi connectivity index (χ3v) is 4.85. The van der Waals surface area contributed by atoms with Crippen molar-refractivity contribution in [1.29, 1.82) is 0 Å². The highest BCUT2D eigenvalue weighted by Gasteiger charge is 2.38. The van der Waals surface area contributed by atoms with Gasteiger partial charge in [-0.05, 0) is 42.4 Å². The van der Waals surface area contributed by atoms with E-state index in [4.69, 9.17) is 10.5 Å². The SMILES string of the molecule is COc1ccc(CN2CC3CCCC(N)C3C2)cc1F. The van der Waals surface area contributed by atoms with Gasteiger partial charge in [-0.2, -0.15) is 0 Å². The van der Waals surface area contributed by atoms with Crippen molar-refractivity contribution in [2.24, 2.45) is 17.6 Å². The minimum Gasteiger partial charge on any atom is -0.494 e. The number of nitrogens with zero attached hydrogens (tertiary/aromatic N) is 1. The molecule has 2 fully saturated rings. The quantitative estimate of drug-likeness (QED) is 0.922. The lowest BCUT2D eigenvalue weighted by Crippen LogP contribution is -2.38. The molecular weight excluding hydrogens is 255 g/mol.